The molecular formula is C23H23Cl3N4O4S. The molecule has 0 aliphatic heterocycles. The number of rotatable bonds is 10. The van der Waals surface area contributed by atoms with Gasteiger partial charge in [-0.25, -0.2) is 4.98 Å². The second-order valence-electron chi connectivity index (χ2n) is 7.06. The number of ether oxygens (including phenoxy) is 1. The van der Waals surface area contributed by atoms with Crippen molar-refractivity contribution >= 4 is 69.5 Å². The summed E-state index contributed by atoms with van der Waals surface area (Å²) in [5.74, 6) is -0.636. The first-order valence-corrected chi connectivity index (χ1v) is 12.5. The van der Waals surface area contributed by atoms with E-state index in [-0.39, 0.29) is 44.3 Å². The Morgan fingerprint density at radius 2 is 1.80 bits per heavy atom. The van der Waals surface area contributed by atoms with Crippen molar-refractivity contribution in [1.82, 2.24) is 10.0 Å². The van der Waals surface area contributed by atoms with Crippen LogP contribution in [0.25, 0.3) is 0 Å². The number of carbonyl (C=O) groups excluding carboxylic acids is 2. The van der Waals surface area contributed by atoms with Crippen molar-refractivity contribution < 1.29 is 19.2 Å². The Labute approximate surface area is 222 Å². The lowest BCUT2D eigenvalue weighted by atomic mass is 10.1. The molecule has 0 aliphatic rings. The summed E-state index contributed by atoms with van der Waals surface area (Å²) in [5.41, 5.74) is 0.898. The van der Waals surface area contributed by atoms with Gasteiger partial charge in [-0.05, 0) is 29.6 Å². The Kier molecular flexibility index (Phi) is 9.73. The zero-order valence-corrected chi connectivity index (χ0v) is 22.2. The van der Waals surface area contributed by atoms with E-state index in [9.17, 15) is 9.59 Å². The third-order valence-electron chi connectivity index (χ3n) is 4.88. The van der Waals surface area contributed by atoms with Crippen molar-refractivity contribution in [2.75, 3.05) is 30.8 Å². The van der Waals surface area contributed by atoms with Gasteiger partial charge in [0.25, 0.3) is 11.8 Å². The highest BCUT2D eigenvalue weighted by atomic mass is 35.5. The fourth-order valence-corrected chi connectivity index (χ4v) is 4.65. The van der Waals surface area contributed by atoms with E-state index in [1.54, 1.807) is 22.6 Å². The number of halogens is 3. The Morgan fingerprint density at radius 1 is 1.06 bits per heavy atom. The smallest absolute Gasteiger partial charge is 0.267 e. The minimum atomic E-state index is -0.532. The lowest BCUT2D eigenvalue weighted by Crippen LogP contribution is -2.23. The van der Waals surface area contributed by atoms with Crippen molar-refractivity contribution in [3.8, 4) is 5.75 Å². The number of benzene rings is 1. The molecule has 0 aliphatic carbocycles. The molecule has 2 N–H and O–H groups in total. The maximum atomic E-state index is 13.2. The summed E-state index contributed by atoms with van der Waals surface area (Å²) < 4.78 is 5.38. The molecular weight excluding hydrogens is 535 g/mol. The molecule has 0 bridgehead atoms. The number of methoxy groups -OCH3 is 1. The summed E-state index contributed by atoms with van der Waals surface area (Å²) in [6.45, 7) is 5.62. The number of thiophene rings is 1. The maximum absolute atomic E-state index is 13.2. The first kappa shape index (κ1) is 27.2. The number of anilines is 2. The van der Waals surface area contributed by atoms with Gasteiger partial charge in [-0.2, -0.15) is 5.06 Å². The van der Waals surface area contributed by atoms with Gasteiger partial charge < -0.3 is 15.4 Å². The molecule has 0 saturated carbocycles. The summed E-state index contributed by atoms with van der Waals surface area (Å²) in [6, 6.07) is 6.13. The number of hydrogen-bond acceptors (Lipinski definition) is 7. The Bertz CT molecular complexity index is 1200. The van der Waals surface area contributed by atoms with Crippen LogP contribution in [-0.2, 0) is 11.4 Å². The summed E-state index contributed by atoms with van der Waals surface area (Å²) >= 11 is 19.8. The van der Waals surface area contributed by atoms with Gasteiger partial charge in [0.2, 0.25) is 0 Å². The van der Waals surface area contributed by atoms with Gasteiger partial charge in [0.15, 0.2) is 5.75 Å². The average molecular weight is 558 g/mol. The highest BCUT2D eigenvalue weighted by Crippen LogP contribution is 2.38. The molecule has 0 spiro atoms. The standard InChI is InChI=1S/C23H23Cl3N4O4S/c1-4-30(5-2)34-11-13-12-35-21(18(13)26)23(32)29-19-15(7-8-16(25)20(19)33-3)22(31)28-17-9-6-14(24)10-27-17/h6-10,12H,4-5,11H2,1-3H3,(H,29,32)(H,27,28,31). The Morgan fingerprint density at radius 3 is 2.43 bits per heavy atom. The summed E-state index contributed by atoms with van der Waals surface area (Å²) in [7, 11) is 1.39. The highest BCUT2D eigenvalue weighted by Gasteiger charge is 2.24. The van der Waals surface area contributed by atoms with Crippen molar-refractivity contribution in [1.29, 1.82) is 0 Å². The molecule has 8 nitrogen and oxygen atoms in total. The molecule has 35 heavy (non-hydrogen) atoms. The monoisotopic (exact) mass is 556 g/mol. The van der Waals surface area contributed by atoms with E-state index in [1.165, 1.54) is 36.8 Å². The lowest BCUT2D eigenvalue weighted by molar-refractivity contribution is -0.163. The van der Waals surface area contributed by atoms with Gasteiger partial charge in [-0.3, -0.25) is 14.4 Å². The van der Waals surface area contributed by atoms with E-state index >= 15 is 0 Å². The number of carbonyl (C=O) groups is 2. The summed E-state index contributed by atoms with van der Waals surface area (Å²) in [6.07, 6.45) is 1.41. The van der Waals surface area contributed by atoms with E-state index < -0.39 is 11.8 Å². The number of nitrogens with one attached hydrogen (secondary N) is 2. The molecule has 0 saturated heterocycles. The predicted molar refractivity (Wildman–Crippen MR) is 140 cm³/mol. The third-order valence-corrected chi connectivity index (χ3v) is 6.97. The van der Waals surface area contributed by atoms with Crippen LogP contribution in [0.5, 0.6) is 5.75 Å². The molecule has 3 aromatic rings. The zero-order chi connectivity index (χ0) is 25.5. The van der Waals surface area contributed by atoms with Crippen LogP contribution in [0.3, 0.4) is 0 Å². The van der Waals surface area contributed by atoms with Crippen LogP contribution >= 0.6 is 46.1 Å². The summed E-state index contributed by atoms with van der Waals surface area (Å²) in [4.78, 5) is 36.2. The molecule has 186 valence electrons. The SMILES string of the molecule is CCN(CC)OCc1csc(C(=O)Nc2c(C(=O)Nc3ccc(Cl)cn3)ccc(Cl)c2OC)c1Cl. The largest absolute Gasteiger partial charge is 0.493 e. The Hall–Kier alpha value is -2.40. The molecule has 2 amide bonds. The minimum Gasteiger partial charge on any atom is -0.493 e. The second kappa shape index (κ2) is 12.5. The van der Waals surface area contributed by atoms with E-state index in [4.69, 9.17) is 44.4 Å². The molecule has 0 unspecified atom stereocenters. The van der Waals surface area contributed by atoms with Crippen LogP contribution in [0.15, 0.2) is 35.8 Å². The number of hydroxylamine groups is 2. The quantitative estimate of drug-likeness (QED) is 0.281. The van der Waals surface area contributed by atoms with Crippen molar-refractivity contribution in [3.63, 3.8) is 0 Å². The van der Waals surface area contributed by atoms with Crippen molar-refractivity contribution in [3.05, 3.63) is 66.9 Å². The number of aromatic nitrogens is 1. The van der Waals surface area contributed by atoms with Crippen molar-refractivity contribution in [2.45, 2.75) is 20.5 Å². The van der Waals surface area contributed by atoms with Crippen LogP contribution < -0.4 is 15.4 Å². The number of pyridine rings is 1. The van der Waals surface area contributed by atoms with E-state index in [2.05, 4.69) is 15.6 Å². The van der Waals surface area contributed by atoms with Gasteiger partial charge in [0.05, 0.1) is 40.0 Å². The molecule has 3 rings (SSSR count). The first-order chi connectivity index (χ1) is 16.8. The fourth-order valence-electron chi connectivity index (χ4n) is 3.07. The van der Waals surface area contributed by atoms with Gasteiger partial charge in [0.1, 0.15) is 10.7 Å². The average Bonchev–Trinajstić information content (AvgIpc) is 3.21. The third kappa shape index (κ3) is 6.63. The molecule has 0 radical (unpaired) electrons. The molecule has 2 heterocycles. The van der Waals surface area contributed by atoms with Gasteiger partial charge in [0, 0.05) is 24.8 Å². The normalized spacial score (nSPS) is 10.9. The maximum Gasteiger partial charge on any atom is 0.267 e. The van der Waals surface area contributed by atoms with E-state index in [1.807, 2.05) is 13.8 Å². The number of hydrogen-bond donors (Lipinski definition) is 2. The van der Waals surface area contributed by atoms with Crippen LogP contribution in [0, 0.1) is 0 Å². The fraction of sp³-hybridized carbons (Fsp3) is 0.261. The lowest BCUT2D eigenvalue weighted by Gasteiger charge is -2.17. The van der Waals surface area contributed by atoms with E-state index in [0.29, 0.717) is 10.6 Å². The molecule has 1 aromatic carbocycles. The highest BCUT2D eigenvalue weighted by molar-refractivity contribution is 7.13. The molecule has 2 aromatic heterocycles. The minimum absolute atomic E-state index is 0.0990. The Balaban J connectivity index is 1.86. The second-order valence-corrected chi connectivity index (χ2v) is 9.17. The van der Waals surface area contributed by atoms with E-state index in [0.717, 1.165) is 13.1 Å². The molecule has 12 heteroatoms. The van der Waals surface area contributed by atoms with Gasteiger partial charge >= 0.3 is 0 Å². The molecule has 0 atom stereocenters. The van der Waals surface area contributed by atoms with Crippen LogP contribution in [-0.4, -0.2) is 42.1 Å². The number of amides is 2. The topological polar surface area (TPSA) is 92.8 Å². The predicted octanol–water partition coefficient (Wildman–Crippen LogP) is 6.39. The number of nitrogens with zero attached hydrogens (tertiary/aromatic N) is 2. The first-order valence-electron chi connectivity index (χ1n) is 10.5. The zero-order valence-electron chi connectivity index (χ0n) is 19.2. The van der Waals surface area contributed by atoms with Gasteiger partial charge in [-0.1, -0.05) is 48.7 Å². The summed E-state index contributed by atoms with van der Waals surface area (Å²) in [5, 5.41) is 9.85. The molecule has 0 fully saturated rings. The van der Waals surface area contributed by atoms with Crippen LogP contribution in [0.1, 0.15) is 39.4 Å². The van der Waals surface area contributed by atoms with Crippen LogP contribution in [0.4, 0.5) is 11.5 Å². The van der Waals surface area contributed by atoms with Gasteiger partial charge in [-0.15, -0.1) is 11.3 Å². The van der Waals surface area contributed by atoms with Crippen LogP contribution in [0.2, 0.25) is 15.1 Å². The van der Waals surface area contributed by atoms with Crippen molar-refractivity contribution in [2.24, 2.45) is 0 Å².